The molecule has 28 heavy (non-hydrogen) atoms. The molecule has 1 aromatic heterocycles. The number of amides is 1. The van der Waals surface area contributed by atoms with E-state index in [9.17, 15) is 4.79 Å². The molecule has 1 aromatic carbocycles. The van der Waals surface area contributed by atoms with E-state index in [-0.39, 0.29) is 24.2 Å². The number of nitriles is 1. The van der Waals surface area contributed by atoms with Crippen molar-refractivity contribution in [1.29, 1.82) is 5.26 Å². The minimum Gasteiger partial charge on any atom is -0.487 e. The number of benzene rings is 1. The van der Waals surface area contributed by atoms with E-state index in [0.717, 1.165) is 11.3 Å². The van der Waals surface area contributed by atoms with Crippen LogP contribution in [0.1, 0.15) is 54.2 Å². The second kappa shape index (κ2) is 7.28. The lowest BCUT2D eigenvalue weighted by Gasteiger charge is -2.38. The normalized spacial score (nSPS) is 21.6. The van der Waals surface area contributed by atoms with E-state index in [1.54, 1.807) is 29.2 Å². The number of likely N-dealkylation sites (tertiary alicyclic amines) is 1. The van der Waals surface area contributed by atoms with Gasteiger partial charge in [0.2, 0.25) is 0 Å². The minimum atomic E-state index is -0.0587. The summed E-state index contributed by atoms with van der Waals surface area (Å²) in [5, 5.41) is 13.5. The smallest absolute Gasteiger partial charge is 0.274 e. The molecule has 2 aromatic rings. The van der Waals surface area contributed by atoms with Gasteiger partial charge < -0.3 is 14.4 Å². The van der Waals surface area contributed by atoms with Crippen LogP contribution in [-0.2, 0) is 17.7 Å². The first-order valence-corrected chi connectivity index (χ1v) is 9.71. The van der Waals surface area contributed by atoms with E-state index >= 15 is 0 Å². The molecule has 2 aliphatic heterocycles. The van der Waals surface area contributed by atoms with Crippen molar-refractivity contribution >= 4 is 5.91 Å². The van der Waals surface area contributed by atoms with Crippen molar-refractivity contribution in [3.63, 3.8) is 0 Å². The van der Waals surface area contributed by atoms with Crippen molar-refractivity contribution in [2.45, 2.75) is 52.0 Å². The van der Waals surface area contributed by atoms with Gasteiger partial charge in [0.15, 0.2) is 5.69 Å². The number of carbonyl (C=O) groups is 1. The molecule has 2 atom stereocenters. The van der Waals surface area contributed by atoms with Gasteiger partial charge in [0.25, 0.3) is 5.91 Å². The highest BCUT2D eigenvalue weighted by atomic mass is 16.5. The Hall–Kier alpha value is -2.85. The molecule has 4 rings (SSSR count). The third-order valence-corrected chi connectivity index (χ3v) is 5.33. The van der Waals surface area contributed by atoms with Gasteiger partial charge in [-0.15, -0.1) is 0 Å². The van der Waals surface area contributed by atoms with Crippen LogP contribution in [0.15, 0.2) is 24.3 Å². The fourth-order valence-electron chi connectivity index (χ4n) is 3.96. The first-order chi connectivity index (χ1) is 13.5. The van der Waals surface area contributed by atoms with E-state index < -0.39 is 0 Å². The third-order valence-electron chi connectivity index (χ3n) is 5.33. The molecule has 2 aliphatic rings. The Labute approximate surface area is 164 Å². The lowest BCUT2D eigenvalue weighted by Crippen LogP contribution is -2.56. The summed E-state index contributed by atoms with van der Waals surface area (Å²) < 4.78 is 13.7. The van der Waals surface area contributed by atoms with E-state index in [4.69, 9.17) is 14.7 Å². The van der Waals surface area contributed by atoms with Crippen molar-refractivity contribution in [3.05, 3.63) is 46.8 Å². The summed E-state index contributed by atoms with van der Waals surface area (Å²) in [4.78, 5) is 14.8. The number of aromatic nitrogens is 2. The van der Waals surface area contributed by atoms with Gasteiger partial charge in [0.05, 0.1) is 42.6 Å². The first kappa shape index (κ1) is 18.5. The van der Waals surface area contributed by atoms with Crippen molar-refractivity contribution in [2.75, 3.05) is 13.1 Å². The molecule has 0 radical (unpaired) electrons. The largest absolute Gasteiger partial charge is 0.487 e. The second-order valence-corrected chi connectivity index (χ2v) is 7.41. The average Bonchev–Trinajstić information content (AvgIpc) is 3.03. The molecule has 1 amide bonds. The van der Waals surface area contributed by atoms with Gasteiger partial charge in [0.1, 0.15) is 11.9 Å². The number of rotatable bonds is 4. The van der Waals surface area contributed by atoms with Crippen molar-refractivity contribution in [2.24, 2.45) is 0 Å². The Kier molecular flexibility index (Phi) is 4.82. The third kappa shape index (κ3) is 3.25. The zero-order chi connectivity index (χ0) is 19.8. The number of carbonyl (C=O) groups excluding carboxylic acids is 1. The van der Waals surface area contributed by atoms with Gasteiger partial charge in [-0.1, -0.05) is 0 Å². The Balaban J connectivity index is 1.44. The Morgan fingerprint density at radius 1 is 1.32 bits per heavy atom. The topological polar surface area (TPSA) is 80.4 Å². The minimum absolute atomic E-state index is 0.0376. The highest BCUT2D eigenvalue weighted by Gasteiger charge is 2.38. The number of aryl methyl sites for hydroxylation is 1. The van der Waals surface area contributed by atoms with Crippen LogP contribution in [0, 0.1) is 11.3 Å². The van der Waals surface area contributed by atoms with Gasteiger partial charge >= 0.3 is 0 Å². The van der Waals surface area contributed by atoms with Gasteiger partial charge in [-0.05, 0) is 45.0 Å². The Morgan fingerprint density at radius 2 is 2.04 bits per heavy atom. The van der Waals surface area contributed by atoms with E-state index in [0.29, 0.717) is 43.1 Å². The molecule has 0 unspecified atom stereocenters. The summed E-state index contributed by atoms with van der Waals surface area (Å²) in [6.07, 6.45) is 0.686. The van der Waals surface area contributed by atoms with Crippen molar-refractivity contribution in [1.82, 2.24) is 14.7 Å². The average molecular weight is 380 g/mol. The van der Waals surface area contributed by atoms with Gasteiger partial charge in [-0.25, -0.2) is 0 Å². The van der Waals surface area contributed by atoms with E-state index in [2.05, 4.69) is 11.2 Å². The molecule has 0 saturated carbocycles. The molecule has 0 spiro atoms. The summed E-state index contributed by atoms with van der Waals surface area (Å²) in [6.45, 7) is 7.85. The van der Waals surface area contributed by atoms with Crippen LogP contribution in [0.4, 0.5) is 0 Å². The summed E-state index contributed by atoms with van der Waals surface area (Å²) in [6, 6.07) is 9.11. The van der Waals surface area contributed by atoms with Crippen LogP contribution in [0.25, 0.3) is 0 Å². The van der Waals surface area contributed by atoms with E-state index in [1.807, 2.05) is 25.5 Å². The molecule has 0 aliphatic carbocycles. The van der Waals surface area contributed by atoms with Crippen LogP contribution in [0.2, 0.25) is 0 Å². The number of ether oxygens (including phenoxy) is 2. The number of hydrogen-bond donors (Lipinski definition) is 0. The lowest BCUT2D eigenvalue weighted by atomic mass is 9.98. The molecular formula is C21H24N4O3. The van der Waals surface area contributed by atoms with Crippen LogP contribution in [0.3, 0.4) is 0 Å². The predicted molar refractivity (Wildman–Crippen MR) is 102 cm³/mol. The fourth-order valence-corrected chi connectivity index (χ4v) is 3.96. The first-order valence-electron chi connectivity index (χ1n) is 9.71. The molecule has 7 heteroatoms. The van der Waals surface area contributed by atoms with Crippen molar-refractivity contribution in [3.8, 4) is 11.8 Å². The number of nitrogens with zero attached hydrogens (tertiary/aromatic N) is 4. The van der Waals surface area contributed by atoms with Gasteiger partial charge in [-0.2, -0.15) is 10.4 Å². The number of fused-ring (bicyclic) bond motifs is 1. The van der Waals surface area contributed by atoms with Gasteiger partial charge in [-0.3, -0.25) is 9.48 Å². The second-order valence-electron chi connectivity index (χ2n) is 7.41. The van der Waals surface area contributed by atoms with Gasteiger partial charge in [0, 0.05) is 18.5 Å². The molecule has 7 nitrogen and oxygen atoms in total. The quantitative estimate of drug-likeness (QED) is 0.815. The number of hydrogen-bond acceptors (Lipinski definition) is 5. The standard InChI is InChI=1S/C21H24N4O3/c1-4-25-20-14(3)27-13(2)9-18(20)19(23-25)21(26)24-11-17(12-24)28-16-7-5-15(10-22)6-8-16/h5-8,13-14,17H,4,9,11-12H2,1-3H3/t13-,14+/m1/s1. The van der Waals surface area contributed by atoms with Crippen molar-refractivity contribution < 1.29 is 14.3 Å². The summed E-state index contributed by atoms with van der Waals surface area (Å²) in [7, 11) is 0. The SMILES string of the molecule is CCn1nc(C(=O)N2CC(Oc3ccc(C#N)cc3)C2)c2c1[C@H](C)O[C@H](C)C2. The molecule has 1 saturated heterocycles. The Morgan fingerprint density at radius 3 is 2.68 bits per heavy atom. The van der Waals surface area contributed by atoms with E-state index in [1.165, 1.54) is 0 Å². The zero-order valence-corrected chi connectivity index (χ0v) is 16.4. The van der Waals surface area contributed by atoms with Crippen LogP contribution >= 0.6 is 0 Å². The summed E-state index contributed by atoms with van der Waals surface area (Å²) >= 11 is 0. The lowest BCUT2D eigenvalue weighted by molar-refractivity contribution is -0.00971. The maximum Gasteiger partial charge on any atom is 0.274 e. The van der Waals surface area contributed by atoms with Crippen LogP contribution in [0.5, 0.6) is 5.75 Å². The predicted octanol–water partition coefficient (Wildman–Crippen LogP) is 2.70. The fraction of sp³-hybridized carbons (Fsp3) is 0.476. The summed E-state index contributed by atoms with van der Waals surface area (Å²) in [5.74, 6) is 0.674. The Bertz CT molecular complexity index is 922. The monoisotopic (exact) mass is 380 g/mol. The molecule has 146 valence electrons. The molecule has 0 N–H and O–H groups in total. The zero-order valence-electron chi connectivity index (χ0n) is 16.4. The van der Waals surface area contributed by atoms with Crippen LogP contribution < -0.4 is 4.74 Å². The molecule has 1 fully saturated rings. The highest BCUT2D eigenvalue weighted by molar-refractivity contribution is 5.94. The molecule has 0 bridgehead atoms. The maximum absolute atomic E-state index is 13.0. The maximum atomic E-state index is 13.0. The van der Waals surface area contributed by atoms with Crippen LogP contribution in [-0.4, -0.2) is 45.9 Å². The molecule has 3 heterocycles. The highest BCUT2D eigenvalue weighted by Crippen LogP contribution is 2.33. The molecular weight excluding hydrogens is 356 g/mol. The summed E-state index contributed by atoms with van der Waals surface area (Å²) in [5.41, 5.74) is 3.20.